The van der Waals surface area contributed by atoms with Crippen molar-refractivity contribution < 1.29 is 4.79 Å². The summed E-state index contributed by atoms with van der Waals surface area (Å²) in [5, 5.41) is 13.1. The molecule has 0 saturated carbocycles. The Labute approximate surface area is 144 Å². The molecule has 2 N–H and O–H groups in total. The molecule has 1 atom stereocenters. The predicted molar refractivity (Wildman–Crippen MR) is 95.2 cm³/mol. The van der Waals surface area contributed by atoms with Crippen molar-refractivity contribution in [2.45, 2.75) is 26.4 Å². The average Bonchev–Trinajstić information content (AvgIpc) is 3.24. The number of aromatic nitrogens is 3. The van der Waals surface area contributed by atoms with Gasteiger partial charge in [0.25, 0.3) is 0 Å². The van der Waals surface area contributed by atoms with E-state index in [4.69, 9.17) is 0 Å². The van der Waals surface area contributed by atoms with Gasteiger partial charge in [-0.25, -0.2) is 9.67 Å². The summed E-state index contributed by atoms with van der Waals surface area (Å²) in [4.78, 5) is 15.5. The molecule has 0 saturated heterocycles. The highest BCUT2D eigenvalue weighted by Gasteiger charge is 2.12. The van der Waals surface area contributed by atoms with Crippen molar-refractivity contribution in [3.8, 4) is 5.69 Å². The molecule has 0 spiro atoms. The van der Waals surface area contributed by atoms with Crippen LogP contribution in [0.2, 0.25) is 0 Å². The van der Waals surface area contributed by atoms with E-state index in [0.717, 1.165) is 11.4 Å². The van der Waals surface area contributed by atoms with Crippen LogP contribution in [-0.4, -0.2) is 20.7 Å². The molecule has 0 aliphatic heterocycles. The summed E-state index contributed by atoms with van der Waals surface area (Å²) in [6.07, 6.45) is 3.71. The van der Waals surface area contributed by atoms with E-state index in [9.17, 15) is 4.79 Å². The Balaban J connectivity index is 1.68. The molecule has 1 unspecified atom stereocenters. The zero-order valence-corrected chi connectivity index (χ0v) is 14.4. The van der Waals surface area contributed by atoms with Crippen molar-refractivity contribution in [3.05, 3.63) is 59.4 Å². The van der Waals surface area contributed by atoms with Crippen LogP contribution >= 0.6 is 11.3 Å². The number of para-hydroxylation sites is 1. The molecule has 7 heteroatoms. The van der Waals surface area contributed by atoms with Gasteiger partial charge in [-0.2, -0.15) is 5.10 Å². The van der Waals surface area contributed by atoms with Crippen LogP contribution < -0.4 is 10.6 Å². The number of benzene rings is 1. The van der Waals surface area contributed by atoms with E-state index < -0.39 is 0 Å². The Bertz CT molecular complexity index is 812. The van der Waals surface area contributed by atoms with Gasteiger partial charge in [-0.3, -0.25) is 4.79 Å². The third kappa shape index (κ3) is 3.87. The summed E-state index contributed by atoms with van der Waals surface area (Å²) in [6, 6.07) is 10.2. The van der Waals surface area contributed by atoms with E-state index in [0.29, 0.717) is 11.7 Å². The smallest absolute Gasteiger partial charge is 0.223 e. The number of carbonyl (C=O) groups excluding carboxylic acids is 1. The zero-order valence-electron chi connectivity index (χ0n) is 13.6. The standard InChI is InChI=1S/C17H19N5OS/c1-12(18-10-14-11-24-17(21-14)20-13(2)23)15-6-3-4-7-16(15)22-9-5-8-19-22/h3-9,11-12,18H,10H2,1-2H3,(H,20,21,23). The van der Waals surface area contributed by atoms with Crippen molar-refractivity contribution >= 4 is 22.4 Å². The molecule has 24 heavy (non-hydrogen) atoms. The number of thiazole rings is 1. The second-order valence-corrected chi connectivity index (χ2v) is 6.30. The lowest BCUT2D eigenvalue weighted by Gasteiger charge is -2.17. The lowest BCUT2D eigenvalue weighted by atomic mass is 10.1. The number of hydrogen-bond acceptors (Lipinski definition) is 5. The molecule has 3 rings (SSSR count). The second kappa shape index (κ2) is 7.37. The molecule has 0 radical (unpaired) electrons. The Morgan fingerprint density at radius 3 is 2.92 bits per heavy atom. The number of nitrogens with zero attached hydrogens (tertiary/aromatic N) is 3. The van der Waals surface area contributed by atoms with Crippen LogP contribution in [0, 0.1) is 0 Å². The first-order chi connectivity index (χ1) is 11.6. The Morgan fingerprint density at radius 1 is 1.33 bits per heavy atom. The van der Waals surface area contributed by atoms with Gasteiger partial charge in [0.15, 0.2) is 5.13 Å². The Kier molecular flexibility index (Phi) is 5.02. The van der Waals surface area contributed by atoms with Crippen LogP contribution in [0.15, 0.2) is 48.1 Å². The first-order valence-corrected chi connectivity index (χ1v) is 8.56. The number of hydrogen-bond donors (Lipinski definition) is 2. The van der Waals surface area contributed by atoms with Crippen molar-refractivity contribution in [3.63, 3.8) is 0 Å². The summed E-state index contributed by atoms with van der Waals surface area (Å²) in [7, 11) is 0. The number of nitrogens with one attached hydrogen (secondary N) is 2. The van der Waals surface area contributed by atoms with Crippen LogP contribution in [0.25, 0.3) is 5.69 Å². The molecule has 0 aliphatic carbocycles. The molecule has 2 aromatic heterocycles. The minimum atomic E-state index is -0.106. The molecule has 0 fully saturated rings. The highest BCUT2D eigenvalue weighted by atomic mass is 32.1. The van der Waals surface area contributed by atoms with Crippen molar-refractivity contribution in [1.29, 1.82) is 0 Å². The maximum atomic E-state index is 11.1. The summed E-state index contributed by atoms with van der Waals surface area (Å²) < 4.78 is 1.87. The van der Waals surface area contributed by atoms with E-state index >= 15 is 0 Å². The summed E-state index contributed by atoms with van der Waals surface area (Å²) in [6.45, 7) is 4.22. The summed E-state index contributed by atoms with van der Waals surface area (Å²) in [5.74, 6) is -0.106. The normalized spacial score (nSPS) is 12.1. The summed E-state index contributed by atoms with van der Waals surface area (Å²) in [5.41, 5.74) is 3.13. The lowest BCUT2D eigenvalue weighted by Crippen LogP contribution is -2.20. The third-order valence-electron chi connectivity index (χ3n) is 3.58. The van der Waals surface area contributed by atoms with Gasteiger partial charge in [0.1, 0.15) is 0 Å². The summed E-state index contributed by atoms with van der Waals surface area (Å²) >= 11 is 1.43. The second-order valence-electron chi connectivity index (χ2n) is 5.44. The van der Waals surface area contributed by atoms with Crippen LogP contribution in [0.4, 0.5) is 5.13 Å². The fourth-order valence-electron chi connectivity index (χ4n) is 2.44. The van der Waals surface area contributed by atoms with Gasteiger partial charge in [-0.1, -0.05) is 18.2 Å². The van der Waals surface area contributed by atoms with Gasteiger partial charge in [-0.05, 0) is 24.6 Å². The molecule has 0 bridgehead atoms. The van der Waals surface area contributed by atoms with Crippen molar-refractivity contribution in [1.82, 2.24) is 20.1 Å². The first kappa shape index (κ1) is 16.4. The number of amides is 1. The maximum Gasteiger partial charge on any atom is 0.223 e. The molecule has 2 heterocycles. The van der Waals surface area contributed by atoms with Crippen LogP contribution in [0.5, 0.6) is 0 Å². The third-order valence-corrected chi connectivity index (χ3v) is 4.39. The minimum absolute atomic E-state index is 0.106. The van der Waals surface area contributed by atoms with Gasteiger partial charge in [0.2, 0.25) is 5.91 Å². The monoisotopic (exact) mass is 341 g/mol. The topological polar surface area (TPSA) is 71.8 Å². The molecule has 0 aliphatic rings. The fraction of sp³-hybridized carbons (Fsp3) is 0.235. The fourth-order valence-corrected chi connectivity index (χ4v) is 3.19. The van der Waals surface area contributed by atoms with Gasteiger partial charge in [-0.15, -0.1) is 11.3 Å². The SMILES string of the molecule is CC(=O)Nc1nc(CNC(C)c2ccccc2-n2cccn2)cs1. The highest BCUT2D eigenvalue weighted by molar-refractivity contribution is 7.13. The molecule has 124 valence electrons. The van der Waals surface area contributed by atoms with E-state index in [-0.39, 0.29) is 11.9 Å². The van der Waals surface area contributed by atoms with E-state index in [1.807, 2.05) is 34.5 Å². The number of carbonyl (C=O) groups is 1. The van der Waals surface area contributed by atoms with E-state index in [1.54, 1.807) is 6.20 Å². The van der Waals surface area contributed by atoms with Crippen LogP contribution in [-0.2, 0) is 11.3 Å². The molecule has 1 aromatic carbocycles. The largest absolute Gasteiger partial charge is 0.304 e. The van der Waals surface area contributed by atoms with Gasteiger partial charge in [0, 0.05) is 37.3 Å². The molecule has 1 amide bonds. The molecular formula is C17H19N5OS. The Morgan fingerprint density at radius 2 is 2.17 bits per heavy atom. The van der Waals surface area contributed by atoms with E-state index in [2.05, 4.69) is 39.8 Å². The quantitative estimate of drug-likeness (QED) is 0.722. The molecule has 6 nitrogen and oxygen atoms in total. The maximum absolute atomic E-state index is 11.1. The first-order valence-electron chi connectivity index (χ1n) is 7.68. The van der Waals surface area contributed by atoms with Gasteiger partial charge >= 0.3 is 0 Å². The van der Waals surface area contributed by atoms with Gasteiger partial charge < -0.3 is 10.6 Å². The number of anilines is 1. The Hall–Kier alpha value is -2.51. The van der Waals surface area contributed by atoms with E-state index in [1.165, 1.54) is 23.8 Å². The number of rotatable bonds is 6. The minimum Gasteiger partial charge on any atom is -0.304 e. The molecular weight excluding hydrogens is 322 g/mol. The van der Waals surface area contributed by atoms with Crippen LogP contribution in [0.1, 0.15) is 31.1 Å². The zero-order chi connectivity index (χ0) is 16.9. The van der Waals surface area contributed by atoms with Crippen molar-refractivity contribution in [2.24, 2.45) is 0 Å². The highest BCUT2D eigenvalue weighted by Crippen LogP contribution is 2.22. The predicted octanol–water partition coefficient (Wildman–Crippen LogP) is 3.14. The van der Waals surface area contributed by atoms with Gasteiger partial charge in [0.05, 0.1) is 11.4 Å². The molecule has 3 aromatic rings. The van der Waals surface area contributed by atoms with Crippen molar-refractivity contribution in [2.75, 3.05) is 5.32 Å². The van der Waals surface area contributed by atoms with Crippen LogP contribution in [0.3, 0.4) is 0 Å². The lowest BCUT2D eigenvalue weighted by molar-refractivity contribution is -0.114. The average molecular weight is 341 g/mol.